The SMILES string of the molecule is Cc1cccnc1-n1nc(C2CC2)nc1[C@@H](C)n1cnc2ccccc21. The van der Waals surface area contributed by atoms with E-state index >= 15 is 0 Å². The van der Waals surface area contributed by atoms with Crippen LogP contribution < -0.4 is 0 Å². The molecule has 1 atom stereocenters. The zero-order valence-electron chi connectivity index (χ0n) is 14.9. The summed E-state index contributed by atoms with van der Waals surface area (Å²) in [5.41, 5.74) is 3.17. The van der Waals surface area contributed by atoms with Gasteiger partial charge in [0.15, 0.2) is 17.5 Å². The Morgan fingerprint density at radius 2 is 1.92 bits per heavy atom. The minimum Gasteiger partial charge on any atom is -0.320 e. The van der Waals surface area contributed by atoms with Gasteiger partial charge in [0.05, 0.1) is 23.4 Å². The minimum atomic E-state index is 0.00352. The van der Waals surface area contributed by atoms with Crippen molar-refractivity contribution in [1.29, 1.82) is 0 Å². The molecule has 0 unspecified atom stereocenters. The number of para-hydroxylation sites is 2. The van der Waals surface area contributed by atoms with E-state index in [9.17, 15) is 0 Å². The molecule has 0 spiro atoms. The molecule has 6 heteroatoms. The molecule has 3 aromatic heterocycles. The van der Waals surface area contributed by atoms with E-state index in [4.69, 9.17) is 10.1 Å². The summed E-state index contributed by atoms with van der Waals surface area (Å²) in [7, 11) is 0. The molecule has 1 saturated carbocycles. The summed E-state index contributed by atoms with van der Waals surface area (Å²) in [6.07, 6.45) is 6.04. The second kappa shape index (κ2) is 5.76. The van der Waals surface area contributed by atoms with Gasteiger partial charge in [0, 0.05) is 12.1 Å². The van der Waals surface area contributed by atoms with Gasteiger partial charge in [-0.1, -0.05) is 18.2 Å². The van der Waals surface area contributed by atoms with E-state index in [1.54, 1.807) is 0 Å². The molecule has 0 radical (unpaired) electrons. The van der Waals surface area contributed by atoms with Crippen LogP contribution in [-0.4, -0.2) is 29.3 Å². The van der Waals surface area contributed by atoms with E-state index in [0.717, 1.165) is 34.1 Å². The van der Waals surface area contributed by atoms with Gasteiger partial charge >= 0.3 is 0 Å². The first-order valence-electron chi connectivity index (χ1n) is 9.03. The van der Waals surface area contributed by atoms with Crippen molar-refractivity contribution in [3.05, 3.63) is 66.1 Å². The molecule has 130 valence electrons. The average molecular weight is 344 g/mol. The lowest BCUT2D eigenvalue weighted by Gasteiger charge is -2.15. The monoisotopic (exact) mass is 344 g/mol. The summed E-state index contributed by atoms with van der Waals surface area (Å²) in [6.45, 7) is 4.20. The Balaban J connectivity index is 1.67. The first-order valence-corrected chi connectivity index (χ1v) is 9.03. The van der Waals surface area contributed by atoms with Crippen molar-refractivity contribution >= 4 is 11.0 Å². The zero-order valence-corrected chi connectivity index (χ0v) is 14.9. The standard InChI is InChI=1S/C20H20N6/c1-13-6-5-11-21-19(13)26-20(23-18(24-26)15-9-10-15)14(2)25-12-22-16-7-3-4-8-17(16)25/h3-8,11-12,14-15H,9-10H2,1-2H3/t14-/m1/s1. The van der Waals surface area contributed by atoms with Crippen molar-refractivity contribution < 1.29 is 0 Å². The molecule has 1 aliphatic rings. The molecule has 1 aromatic carbocycles. The van der Waals surface area contributed by atoms with Gasteiger partial charge in [0.2, 0.25) is 0 Å². The van der Waals surface area contributed by atoms with Crippen molar-refractivity contribution in [2.45, 2.75) is 38.6 Å². The van der Waals surface area contributed by atoms with Gasteiger partial charge in [-0.3, -0.25) is 0 Å². The van der Waals surface area contributed by atoms with E-state index in [1.165, 1.54) is 12.8 Å². The molecule has 0 amide bonds. The van der Waals surface area contributed by atoms with Crippen LogP contribution in [0.3, 0.4) is 0 Å². The third kappa shape index (κ3) is 2.41. The summed E-state index contributed by atoms with van der Waals surface area (Å²) in [5.74, 6) is 3.17. The van der Waals surface area contributed by atoms with Crippen LogP contribution >= 0.6 is 0 Å². The molecule has 0 bridgehead atoms. The molecule has 26 heavy (non-hydrogen) atoms. The van der Waals surface area contributed by atoms with Gasteiger partial charge in [0.25, 0.3) is 0 Å². The zero-order chi connectivity index (χ0) is 17.7. The highest BCUT2D eigenvalue weighted by molar-refractivity contribution is 5.75. The lowest BCUT2D eigenvalue weighted by Crippen LogP contribution is -2.14. The number of imidazole rings is 1. The third-order valence-electron chi connectivity index (χ3n) is 5.05. The van der Waals surface area contributed by atoms with Crippen LogP contribution in [0.25, 0.3) is 16.9 Å². The van der Waals surface area contributed by atoms with Crippen LogP contribution in [0.1, 0.15) is 48.9 Å². The maximum absolute atomic E-state index is 4.92. The van der Waals surface area contributed by atoms with E-state index in [0.29, 0.717) is 5.92 Å². The topological polar surface area (TPSA) is 61.4 Å². The van der Waals surface area contributed by atoms with Crippen LogP contribution in [0.4, 0.5) is 0 Å². The lowest BCUT2D eigenvalue weighted by molar-refractivity contribution is 0.588. The summed E-state index contributed by atoms with van der Waals surface area (Å²) < 4.78 is 4.08. The van der Waals surface area contributed by atoms with Crippen LogP contribution in [0.2, 0.25) is 0 Å². The predicted octanol–water partition coefficient (Wildman–Crippen LogP) is 3.81. The van der Waals surface area contributed by atoms with Gasteiger partial charge in [0.1, 0.15) is 0 Å². The van der Waals surface area contributed by atoms with Gasteiger partial charge in [-0.25, -0.2) is 15.0 Å². The van der Waals surface area contributed by atoms with Crippen LogP contribution in [-0.2, 0) is 0 Å². The maximum Gasteiger partial charge on any atom is 0.158 e. The smallest absolute Gasteiger partial charge is 0.158 e. The first kappa shape index (κ1) is 15.3. The number of benzene rings is 1. The van der Waals surface area contributed by atoms with E-state index in [1.807, 2.05) is 41.5 Å². The first-order chi connectivity index (χ1) is 12.7. The highest BCUT2D eigenvalue weighted by Gasteiger charge is 2.31. The molecule has 0 saturated heterocycles. The van der Waals surface area contributed by atoms with E-state index in [2.05, 4.69) is 40.5 Å². The average Bonchev–Trinajstić information content (AvgIpc) is 3.28. The second-order valence-corrected chi connectivity index (χ2v) is 6.97. The number of hydrogen-bond acceptors (Lipinski definition) is 4. The van der Waals surface area contributed by atoms with E-state index < -0.39 is 0 Å². The summed E-state index contributed by atoms with van der Waals surface area (Å²) in [6, 6.07) is 12.2. The normalized spacial score (nSPS) is 15.5. The maximum atomic E-state index is 4.92. The second-order valence-electron chi connectivity index (χ2n) is 6.97. The Morgan fingerprint density at radius 1 is 1.08 bits per heavy atom. The van der Waals surface area contributed by atoms with Crippen molar-refractivity contribution in [3.8, 4) is 5.82 Å². The summed E-state index contributed by atoms with van der Waals surface area (Å²) >= 11 is 0. The summed E-state index contributed by atoms with van der Waals surface area (Å²) in [5, 5.41) is 4.82. The number of aryl methyl sites for hydroxylation is 1. The van der Waals surface area contributed by atoms with Crippen LogP contribution in [0, 0.1) is 6.92 Å². The largest absolute Gasteiger partial charge is 0.320 e. The molecule has 6 nitrogen and oxygen atoms in total. The Hall–Kier alpha value is -3.02. The summed E-state index contributed by atoms with van der Waals surface area (Å²) in [4.78, 5) is 14.0. The molecule has 0 aliphatic heterocycles. The fraction of sp³-hybridized carbons (Fsp3) is 0.300. The highest BCUT2D eigenvalue weighted by Crippen LogP contribution is 2.39. The molecule has 4 aromatic rings. The molecule has 1 fully saturated rings. The third-order valence-corrected chi connectivity index (χ3v) is 5.05. The van der Waals surface area contributed by atoms with Crippen LogP contribution in [0.5, 0.6) is 0 Å². The minimum absolute atomic E-state index is 0.00352. The number of nitrogens with zero attached hydrogens (tertiary/aromatic N) is 6. The Kier molecular flexibility index (Phi) is 3.38. The molecule has 1 aliphatic carbocycles. The van der Waals surface area contributed by atoms with Crippen molar-refractivity contribution in [2.75, 3.05) is 0 Å². The lowest BCUT2D eigenvalue weighted by atomic mass is 10.2. The number of pyridine rings is 1. The van der Waals surface area contributed by atoms with E-state index in [-0.39, 0.29) is 6.04 Å². The number of fused-ring (bicyclic) bond motifs is 1. The van der Waals surface area contributed by atoms with Gasteiger partial charge in [-0.05, 0) is 50.5 Å². The highest BCUT2D eigenvalue weighted by atomic mass is 15.4. The predicted molar refractivity (Wildman–Crippen MR) is 99.4 cm³/mol. The Bertz CT molecular complexity index is 1090. The van der Waals surface area contributed by atoms with Gasteiger partial charge < -0.3 is 4.57 Å². The molecule has 5 rings (SSSR count). The molecule has 0 N–H and O–H groups in total. The molecular formula is C20H20N6. The Labute approximate surface area is 151 Å². The fourth-order valence-corrected chi connectivity index (χ4v) is 3.39. The molecule has 3 heterocycles. The molecular weight excluding hydrogens is 324 g/mol. The van der Waals surface area contributed by atoms with Crippen LogP contribution in [0.15, 0.2) is 48.9 Å². The quantitative estimate of drug-likeness (QED) is 0.565. The van der Waals surface area contributed by atoms with Gasteiger partial charge in [-0.2, -0.15) is 4.68 Å². The van der Waals surface area contributed by atoms with Gasteiger partial charge in [-0.15, -0.1) is 5.10 Å². The van der Waals surface area contributed by atoms with Crippen molar-refractivity contribution in [3.63, 3.8) is 0 Å². The number of hydrogen-bond donors (Lipinski definition) is 0. The van der Waals surface area contributed by atoms with Crippen molar-refractivity contribution in [1.82, 2.24) is 29.3 Å². The fourth-order valence-electron chi connectivity index (χ4n) is 3.39. The number of aromatic nitrogens is 6. The number of rotatable bonds is 4. The van der Waals surface area contributed by atoms with Crippen molar-refractivity contribution in [2.24, 2.45) is 0 Å². The Morgan fingerprint density at radius 3 is 2.73 bits per heavy atom.